The van der Waals surface area contributed by atoms with E-state index in [0.29, 0.717) is 11.4 Å². The Morgan fingerprint density at radius 1 is 1.37 bits per heavy atom. The summed E-state index contributed by atoms with van der Waals surface area (Å²) in [5.74, 6) is -0.507. The summed E-state index contributed by atoms with van der Waals surface area (Å²) in [6.07, 6.45) is 1.39. The second-order valence-electron chi connectivity index (χ2n) is 3.78. The average molecular weight is 262 g/mol. The van der Waals surface area contributed by atoms with Crippen molar-refractivity contribution in [3.8, 4) is 11.4 Å². The third-order valence-corrected chi connectivity index (χ3v) is 2.43. The monoisotopic (exact) mass is 262 g/mol. The van der Waals surface area contributed by atoms with E-state index in [1.54, 1.807) is 12.1 Å². The van der Waals surface area contributed by atoms with Gasteiger partial charge in [0.25, 0.3) is 5.69 Å². The molecule has 0 unspecified atom stereocenters. The van der Waals surface area contributed by atoms with Crippen LogP contribution in [0.25, 0.3) is 11.4 Å². The first kappa shape index (κ1) is 12.7. The van der Waals surface area contributed by atoms with Crippen LogP contribution in [0.15, 0.2) is 30.6 Å². The Balaban J connectivity index is 2.13. The van der Waals surface area contributed by atoms with E-state index in [1.807, 2.05) is 0 Å². The number of hydrogen-bond donors (Lipinski definition) is 1. The standard InChI is InChI=1S/C11H10N4O4/c16-10(17)5-6-14-7-12-11(13-14)8-1-3-9(4-2-8)15(18)19/h1-4,7H,5-6H2,(H,16,17). The molecule has 0 aliphatic rings. The van der Waals surface area contributed by atoms with Gasteiger partial charge < -0.3 is 5.11 Å². The largest absolute Gasteiger partial charge is 0.481 e. The van der Waals surface area contributed by atoms with Crippen molar-refractivity contribution in [1.82, 2.24) is 14.8 Å². The van der Waals surface area contributed by atoms with E-state index in [0.717, 1.165) is 0 Å². The summed E-state index contributed by atoms with van der Waals surface area (Å²) in [5.41, 5.74) is 0.633. The summed E-state index contributed by atoms with van der Waals surface area (Å²) in [7, 11) is 0. The number of aromatic nitrogens is 3. The molecule has 0 fully saturated rings. The molecule has 2 rings (SSSR count). The lowest BCUT2D eigenvalue weighted by Gasteiger charge is -1.97. The van der Waals surface area contributed by atoms with Crippen LogP contribution in [-0.2, 0) is 11.3 Å². The molecule has 0 saturated carbocycles. The summed E-state index contributed by atoms with van der Waals surface area (Å²) in [5, 5.41) is 23.2. The number of carbonyl (C=O) groups is 1. The summed E-state index contributed by atoms with van der Waals surface area (Å²) in [4.78, 5) is 24.5. The lowest BCUT2D eigenvalue weighted by molar-refractivity contribution is -0.384. The van der Waals surface area contributed by atoms with Crippen molar-refractivity contribution in [1.29, 1.82) is 0 Å². The fraction of sp³-hybridized carbons (Fsp3) is 0.182. The SMILES string of the molecule is O=C(O)CCn1cnc(-c2ccc([N+](=O)[O-])cc2)n1. The van der Waals surface area contributed by atoms with Crippen molar-refractivity contribution in [3.05, 3.63) is 40.7 Å². The van der Waals surface area contributed by atoms with Gasteiger partial charge in [0.2, 0.25) is 0 Å². The van der Waals surface area contributed by atoms with Gasteiger partial charge in [0.15, 0.2) is 5.82 Å². The number of nitrogens with zero attached hydrogens (tertiary/aromatic N) is 4. The van der Waals surface area contributed by atoms with E-state index >= 15 is 0 Å². The van der Waals surface area contributed by atoms with Gasteiger partial charge in [-0.15, -0.1) is 0 Å². The van der Waals surface area contributed by atoms with Crippen LogP contribution in [0.1, 0.15) is 6.42 Å². The number of nitro groups is 1. The molecule has 1 aromatic heterocycles. The molecule has 0 aliphatic heterocycles. The van der Waals surface area contributed by atoms with Gasteiger partial charge in [-0.1, -0.05) is 0 Å². The van der Waals surface area contributed by atoms with Gasteiger partial charge in [0.05, 0.1) is 17.9 Å². The van der Waals surface area contributed by atoms with Gasteiger partial charge in [0.1, 0.15) is 6.33 Å². The molecule has 0 spiro atoms. The number of rotatable bonds is 5. The van der Waals surface area contributed by atoms with Crippen LogP contribution in [0.2, 0.25) is 0 Å². The van der Waals surface area contributed by atoms with Crippen LogP contribution in [0.5, 0.6) is 0 Å². The molecule has 19 heavy (non-hydrogen) atoms. The first-order valence-corrected chi connectivity index (χ1v) is 5.42. The molecule has 0 radical (unpaired) electrons. The normalized spacial score (nSPS) is 10.3. The molecule has 0 saturated heterocycles. The highest BCUT2D eigenvalue weighted by Gasteiger charge is 2.08. The maximum atomic E-state index is 10.5. The van der Waals surface area contributed by atoms with E-state index in [1.165, 1.54) is 23.1 Å². The van der Waals surface area contributed by atoms with Crippen LogP contribution in [0.4, 0.5) is 5.69 Å². The summed E-state index contributed by atoms with van der Waals surface area (Å²) in [6.45, 7) is 0.231. The number of benzene rings is 1. The smallest absolute Gasteiger partial charge is 0.305 e. The highest BCUT2D eigenvalue weighted by molar-refractivity contribution is 5.66. The lowest BCUT2D eigenvalue weighted by atomic mass is 10.2. The number of hydrogen-bond acceptors (Lipinski definition) is 5. The number of aryl methyl sites for hydroxylation is 1. The number of non-ortho nitro benzene ring substituents is 1. The predicted octanol–water partition coefficient (Wildman–Crippen LogP) is 1.33. The molecule has 0 aliphatic carbocycles. The third-order valence-electron chi connectivity index (χ3n) is 2.43. The first-order valence-electron chi connectivity index (χ1n) is 5.42. The van der Waals surface area contributed by atoms with E-state index < -0.39 is 10.9 Å². The van der Waals surface area contributed by atoms with Gasteiger partial charge in [-0.2, -0.15) is 5.10 Å². The van der Waals surface area contributed by atoms with Crippen molar-refractivity contribution in [2.75, 3.05) is 0 Å². The van der Waals surface area contributed by atoms with E-state index in [4.69, 9.17) is 5.11 Å². The Hall–Kier alpha value is -2.77. The molecule has 8 nitrogen and oxygen atoms in total. The van der Waals surface area contributed by atoms with Gasteiger partial charge in [-0.3, -0.25) is 19.6 Å². The molecule has 0 amide bonds. The van der Waals surface area contributed by atoms with Gasteiger partial charge in [0, 0.05) is 17.7 Å². The van der Waals surface area contributed by atoms with Crippen molar-refractivity contribution >= 4 is 11.7 Å². The van der Waals surface area contributed by atoms with Crippen molar-refractivity contribution in [3.63, 3.8) is 0 Å². The minimum Gasteiger partial charge on any atom is -0.481 e. The minimum absolute atomic E-state index is 0.00550. The van der Waals surface area contributed by atoms with Crippen molar-refractivity contribution in [2.45, 2.75) is 13.0 Å². The number of carboxylic acid groups (broad SMARTS) is 1. The molecule has 1 heterocycles. The highest BCUT2D eigenvalue weighted by atomic mass is 16.6. The molecule has 98 valence electrons. The Morgan fingerprint density at radius 3 is 2.63 bits per heavy atom. The van der Waals surface area contributed by atoms with Crippen LogP contribution in [-0.4, -0.2) is 30.8 Å². The molecule has 1 N–H and O–H groups in total. The van der Waals surface area contributed by atoms with Crippen molar-refractivity contribution in [2.24, 2.45) is 0 Å². The molecule has 0 atom stereocenters. The number of aliphatic carboxylic acids is 1. The summed E-state index contributed by atoms with van der Waals surface area (Å²) < 4.78 is 1.42. The quantitative estimate of drug-likeness (QED) is 0.642. The molecule has 8 heteroatoms. The van der Waals surface area contributed by atoms with Crippen LogP contribution >= 0.6 is 0 Å². The lowest BCUT2D eigenvalue weighted by Crippen LogP contribution is -2.04. The number of nitro benzene ring substituents is 1. The average Bonchev–Trinajstić information content (AvgIpc) is 2.85. The van der Waals surface area contributed by atoms with Gasteiger partial charge in [-0.05, 0) is 12.1 Å². The van der Waals surface area contributed by atoms with Gasteiger partial charge >= 0.3 is 5.97 Å². The summed E-state index contributed by atoms with van der Waals surface area (Å²) in [6, 6.07) is 5.84. The van der Waals surface area contributed by atoms with Crippen LogP contribution in [0.3, 0.4) is 0 Å². The highest BCUT2D eigenvalue weighted by Crippen LogP contribution is 2.18. The predicted molar refractivity (Wildman–Crippen MR) is 64.4 cm³/mol. The Kier molecular flexibility index (Phi) is 3.51. The maximum Gasteiger partial charge on any atom is 0.305 e. The zero-order valence-corrected chi connectivity index (χ0v) is 9.76. The van der Waals surface area contributed by atoms with E-state index in [9.17, 15) is 14.9 Å². The molecular formula is C11H10N4O4. The second kappa shape index (κ2) is 5.25. The second-order valence-corrected chi connectivity index (χ2v) is 3.78. The fourth-order valence-corrected chi connectivity index (χ4v) is 1.48. The Labute approximate surface area is 107 Å². The first-order chi connectivity index (χ1) is 9.06. The van der Waals surface area contributed by atoms with Gasteiger partial charge in [-0.25, -0.2) is 4.98 Å². The summed E-state index contributed by atoms with van der Waals surface area (Å²) >= 11 is 0. The van der Waals surface area contributed by atoms with Crippen molar-refractivity contribution < 1.29 is 14.8 Å². The third kappa shape index (κ3) is 3.12. The Bertz CT molecular complexity index is 605. The maximum absolute atomic E-state index is 10.5. The molecule has 1 aromatic carbocycles. The fourth-order valence-electron chi connectivity index (χ4n) is 1.48. The van der Waals surface area contributed by atoms with E-state index in [-0.39, 0.29) is 18.7 Å². The van der Waals surface area contributed by atoms with E-state index in [2.05, 4.69) is 10.1 Å². The number of carboxylic acids is 1. The molecular weight excluding hydrogens is 252 g/mol. The molecule has 0 bridgehead atoms. The topological polar surface area (TPSA) is 111 Å². The zero-order valence-electron chi connectivity index (χ0n) is 9.76. The Morgan fingerprint density at radius 2 is 2.05 bits per heavy atom. The van der Waals surface area contributed by atoms with Crippen LogP contribution < -0.4 is 0 Å². The zero-order chi connectivity index (χ0) is 13.8. The minimum atomic E-state index is -0.910. The van der Waals surface area contributed by atoms with Crippen LogP contribution in [0, 0.1) is 10.1 Å². The molecule has 2 aromatic rings.